The quantitative estimate of drug-likeness (QED) is 0.888. The van der Waals surface area contributed by atoms with E-state index in [-0.39, 0.29) is 0 Å². The van der Waals surface area contributed by atoms with Crippen LogP contribution in [0.1, 0.15) is 40.3 Å². The summed E-state index contributed by atoms with van der Waals surface area (Å²) >= 11 is 1.87. The lowest BCUT2D eigenvalue weighted by Gasteiger charge is -2.17. The van der Waals surface area contributed by atoms with Gasteiger partial charge in [0.25, 0.3) is 0 Å². The molecule has 1 aromatic carbocycles. The first-order valence-corrected chi connectivity index (χ1v) is 8.12. The van der Waals surface area contributed by atoms with E-state index in [9.17, 15) is 0 Å². The van der Waals surface area contributed by atoms with Gasteiger partial charge in [0.05, 0.1) is 6.61 Å². The highest BCUT2D eigenvalue weighted by Gasteiger charge is 2.15. The zero-order valence-corrected chi connectivity index (χ0v) is 12.9. The summed E-state index contributed by atoms with van der Waals surface area (Å²) in [6, 6.07) is 11.5. The summed E-state index contributed by atoms with van der Waals surface area (Å²) in [5.74, 6) is 1.07. The van der Waals surface area contributed by atoms with Crippen molar-refractivity contribution in [2.24, 2.45) is 0 Å². The Hall–Kier alpha value is -1.32. The Morgan fingerprint density at radius 2 is 2.20 bits per heavy atom. The van der Waals surface area contributed by atoms with Gasteiger partial charge in [-0.1, -0.05) is 19.1 Å². The molecular weight excluding hydrogens is 266 g/mol. The molecule has 3 rings (SSSR count). The van der Waals surface area contributed by atoms with Crippen LogP contribution in [0.2, 0.25) is 0 Å². The van der Waals surface area contributed by atoms with Crippen molar-refractivity contribution in [3.05, 3.63) is 51.2 Å². The molecule has 2 nitrogen and oxygen atoms in total. The van der Waals surface area contributed by atoms with Crippen LogP contribution in [0, 0.1) is 6.92 Å². The highest BCUT2D eigenvalue weighted by atomic mass is 32.1. The lowest BCUT2D eigenvalue weighted by atomic mass is 10.0. The number of benzene rings is 1. The molecule has 20 heavy (non-hydrogen) atoms. The number of hydrogen-bond donors (Lipinski definition) is 1. The molecule has 0 amide bonds. The van der Waals surface area contributed by atoms with Crippen LogP contribution in [-0.2, 0) is 13.0 Å². The van der Waals surface area contributed by atoms with E-state index in [4.69, 9.17) is 4.74 Å². The minimum absolute atomic E-state index is 0.420. The van der Waals surface area contributed by atoms with Gasteiger partial charge in [0, 0.05) is 28.8 Å². The van der Waals surface area contributed by atoms with E-state index >= 15 is 0 Å². The molecule has 1 atom stereocenters. The first kappa shape index (κ1) is 13.7. The fourth-order valence-corrected chi connectivity index (χ4v) is 3.57. The lowest BCUT2D eigenvalue weighted by Crippen LogP contribution is -2.19. The summed E-state index contributed by atoms with van der Waals surface area (Å²) in [7, 11) is 0. The predicted octanol–water partition coefficient (Wildman–Crippen LogP) is 4.23. The predicted molar refractivity (Wildman–Crippen MR) is 84.6 cm³/mol. The number of fused-ring (bicyclic) bond motifs is 1. The van der Waals surface area contributed by atoms with E-state index in [1.54, 1.807) is 0 Å². The second-order valence-corrected chi connectivity index (χ2v) is 6.69. The number of rotatable bonds is 5. The molecule has 0 spiro atoms. The second-order valence-electron chi connectivity index (χ2n) is 5.32. The van der Waals surface area contributed by atoms with Crippen molar-refractivity contribution < 1.29 is 4.74 Å². The molecule has 2 heterocycles. The topological polar surface area (TPSA) is 21.3 Å². The third-order valence-electron chi connectivity index (χ3n) is 3.84. The van der Waals surface area contributed by atoms with Gasteiger partial charge in [-0.25, -0.2) is 0 Å². The van der Waals surface area contributed by atoms with E-state index in [0.29, 0.717) is 6.04 Å². The molecule has 0 radical (unpaired) electrons. The van der Waals surface area contributed by atoms with Gasteiger partial charge in [-0.15, -0.1) is 11.3 Å². The van der Waals surface area contributed by atoms with Crippen LogP contribution < -0.4 is 10.1 Å². The zero-order chi connectivity index (χ0) is 13.9. The summed E-state index contributed by atoms with van der Waals surface area (Å²) in [6.45, 7) is 6.18. The van der Waals surface area contributed by atoms with Crippen molar-refractivity contribution in [2.45, 2.75) is 39.3 Å². The van der Waals surface area contributed by atoms with Crippen molar-refractivity contribution in [3.63, 3.8) is 0 Å². The van der Waals surface area contributed by atoms with Gasteiger partial charge < -0.3 is 10.1 Å². The van der Waals surface area contributed by atoms with Gasteiger partial charge in [-0.2, -0.15) is 0 Å². The van der Waals surface area contributed by atoms with E-state index < -0.39 is 0 Å². The number of nitrogens with one attached hydrogen (secondary N) is 1. The molecule has 1 aliphatic rings. The second kappa shape index (κ2) is 5.98. The SMILES string of the molecule is CCC(NCc1ccc(C)s1)c1ccc2c(c1)CCO2. The maximum atomic E-state index is 5.58. The maximum Gasteiger partial charge on any atom is 0.122 e. The Morgan fingerprint density at radius 3 is 2.95 bits per heavy atom. The Labute approximate surface area is 124 Å². The van der Waals surface area contributed by atoms with Gasteiger partial charge in [0.2, 0.25) is 0 Å². The molecule has 1 N–H and O–H groups in total. The molecular formula is C17H21NOS. The molecule has 0 aliphatic carbocycles. The minimum Gasteiger partial charge on any atom is -0.493 e. The van der Waals surface area contributed by atoms with Gasteiger partial charge in [-0.05, 0) is 42.7 Å². The Balaban J connectivity index is 1.69. The molecule has 3 heteroatoms. The maximum absolute atomic E-state index is 5.58. The zero-order valence-electron chi connectivity index (χ0n) is 12.1. The van der Waals surface area contributed by atoms with Gasteiger partial charge in [-0.3, -0.25) is 0 Å². The average molecular weight is 287 g/mol. The normalized spacial score (nSPS) is 14.9. The number of ether oxygens (including phenoxy) is 1. The largest absolute Gasteiger partial charge is 0.493 e. The Bertz CT molecular complexity index is 590. The van der Waals surface area contributed by atoms with Crippen molar-refractivity contribution in [1.82, 2.24) is 5.32 Å². The van der Waals surface area contributed by atoms with E-state index in [2.05, 4.69) is 49.5 Å². The van der Waals surface area contributed by atoms with Crippen molar-refractivity contribution >= 4 is 11.3 Å². The van der Waals surface area contributed by atoms with E-state index in [1.165, 1.54) is 20.9 Å². The van der Waals surface area contributed by atoms with Crippen LogP contribution in [0.3, 0.4) is 0 Å². The van der Waals surface area contributed by atoms with Crippen LogP contribution >= 0.6 is 11.3 Å². The number of aryl methyl sites for hydroxylation is 1. The molecule has 1 unspecified atom stereocenters. The molecule has 106 valence electrons. The number of hydrogen-bond acceptors (Lipinski definition) is 3. The summed E-state index contributed by atoms with van der Waals surface area (Å²) in [6.07, 6.45) is 2.15. The number of thiophene rings is 1. The van der Waals surface area contributed by atoms with Gasteiger partial charge >= 0.3 is 0 Å². The molecule has 0 fully saturated rings. The smallest absolute Gasteiger partial charge is 0.122 e. The van der Waals surface area contributed by atoms with Crippen LogP contribution in [0.15, 0.2) is 30.3 Å². The first-order valence-electron chi connectivity index (χ1n) is 7.30. The monoisotopic (exact) mass is 287 g/mol. The van der Waals surface area contributed by atoms with Crippen LogP contribution in [0.5, 0.6) is 5.75 Å². The molecule has 0 bridgehead atoms. The summed E-state index contributed by atoms with van der Waals surface area (Å²) in [4.78, 5) is 2.79. The lowest BCUT2D eigenvalue weighted by molar-refractivity contribution is 0.356. The third-order valence-corrected chi connectivity index (χ3v) is 4.84. The summed E-state index contributed by atoms with van der Waals surface area (Å²) in [5, 5.41) is 3.68. The van der Waals surface area contributed by atoms with Crippen LogP contribution in [0.25, 0.3) is 0 Å². The fourth-order valence-electron chi connectivity index (χ4n) is 2.73. The fraction of sp³-hybridized carbons (Fsp3) is 0.412. The van der Waals surface area contributed by atoms with Crippen LogP contribution in [-0.4, -0.2) is 6.61 Å². The molecule has 0 saturated carbocycles. The average Bonchev–Trinajstić information content (AvgIpc) is 3.07. The first-order chi connectivity index (χ1) is 9.76. The Morgan fingerprint density at radius 1 is 1.30 bits per heavy atom. The Kier molecular flexibility index (Phi) is 4.08. The summed E-state index contributed by atoms with van der Waals surface area (Å²) in [5.41, 5.74) is 2.74. The van der Waals surface area contributed by atoms with Gasteiger partial charge in [0.1, 0.15) is 5.75 Å². The third kappa shape index (κ3) is 2.89. The van der Waals surface area contributed by atoms with Crippen LogP contribution in [0.4, 0.5) is 0 Å². The van der Waals surface area contributed by atoms with Crippen molar-refractivity contribution in [2.75, 3.05) is 6.61 Å². The van der Waals surface area contributed by atoms with E-state index in [0.717, 1.165) is 31.7 Å². The van der Waals surface area contributed by atoms with Crippen molar-refractivity contribution in [1.29, 1.82) is 0 Å². The van der Waals surface area contributed by atoms with Gasteiger partial charge in [0.15, 0.2) is 0 Å². The minimum atomic E-state index is 0.420. The highest BCUT2D eigenvalue weighted by molar-refractivity contribution is 7.11. The van der Waals surface area contributed by atoms with E-state index in [1.807, 2.05) is 11.3 Å². The summed E-state index contributed by atoms with van der Waals surface area (Å²) < 4.78 is 5.58. The molecule has 2 aromatic rings. The van der Waals surface area contributed by atoms with Crippen molar-refractivity contribution in [3.8, 4) is 5.75 Å². The highest BCUT2D eigenvalue weighted by Crippen LogP contribution is 2.29. The standard InChI is InChI=1S/C17H21NOS/c1-3-16(18-11-15-6-4-12(2)20-15)13-5-7-17-14(10-13)8-9-19-17/h4-7,10,16,18H,3,8-9,11H2,1-2H3. The molecule has 1 aromatic heterocycles. The molecule has 1 aliphatic heterocycles. The molecule has 0 saturated heterocycles.